The second-order valence-electron chi connectivity index (χ2n) is 2.01. The lowest BCUT2D eigenvalue weighted by molar-refractivity contribution is 0.471. The summed E-state index contributed by atoms with van der Waals surface area (Å²) in [5, 5.41) is 9.85. The van der Waals surface area contributed by atoms with E-state index in [2.05, 4.69) is 22.6 Å². The molecule has 1 N–H and O–H groups in total. The van der Waals surface area contributed by atoms with Crippen LogP contribution in [0.25, 0.3) is 0 Å². The molecule has 0 aliphatic heterocycles. The van der Waals surface area contributed by atoms with Crippen LogP contribution in [-0.4, -0.2) is 5.11 Å². The maximum atomic E-state index is 9.16. The minimum absolute atomic E-state index is 0.294. The van der Waals surface area contributed by atoms with Crippen molar-refractivity contribution < 1.29 is 5.11 Å². The van der Waals surface area contributed by atoms with Crippen LogP contribution in [0.3, 0.4) is 0 Å². The molecule has 3 heteroatoms. The summed E-state index contributed by atoms with van der Waals surface area (Å²) in [7, 11) is 0. The van der Waals surface area contributed by atoms with Crippen LogP contribution in [0.1, 0.15) is 5.56 Å². The largest absolute Gasteiger partial charge is 0.507 e. The summed E-state index contributed by atoms with van der Waals surface area (Å²) >= 11 is 7.83. The van der Waals surface area contributed by atoms with E-state index in [9.17, 15) is 0 Å². The zero-order chi connectivity index (χ0) is 7.72. The van der Waals surface area contributed by atoms with E-state index < -0.39 is 0 Å². The lowest BCUT2D eigenvalue weighted by atomic mass is 10.2. The van der Waals surface area contributed by atoms with Gasteiger partial charge in [-0.1, -0.05) is 11.6 Å². The minimum Gasteiger partial charge on any atom is -0.507 e. The summed E-state index contributed by atoms with van der Waals surface area (Å²) in [6.07, 6.45) is 0. The standard InChI is InChI=1S/C7H6ClIO/c1-4-5(8)2-3-6(10)7(4)9/h2-3,10H,1H3. The number of hydrogen-bond acceptors (Lipinski definition) is 1. The third-order valence-corrected chi connectivity index (χ3v) is 3.07. The summed E-state index contributed by atoms with van der Waals surface area (Å²) < 4.78 is 0.824. The molecule has 0 amide bonds. The zero-order valence-corrected chi connectivity index (χ0v) is 8.27. The van der Waals surface area contributed by atoms with Crippen molar-refractivity contribution in [3.8, 4) is 5.75 Å². The van der Waals surface area contributed by atoms with E-state index in [0.717, 1.165) is 9.13 Å². The van der Waals surface area contributed by atoms with Crippen LogP contribution in [0.2, 0.25) is 5.02 Å². The van der Waals surface area contributed by atoms with Crippen LogP contribution in [0.15, 0.2) is 12.1 Å². The Balaban J connectivity index is 3.34. The SMILES string of the molecule is Cc1c(Cl)ccc(O)c1I. The predicted molar refractivity (Wildman–Crippen MR) is 50.6 cm³/mol. The fourth-order valence-electron chi connectivity index (χ4n) is 0.647. The number of phenols is 1. The van der Waals surface area contributed by atoms with Crippen LogP contribution < -0.4 is 0 Å². The molecule has 0 unspecified atom stereocenters. The monoisotopic (exact) mass is 268 g/mol. The van der Waals surface area contributed by atoms with Crippen molar-refractivity contribution >= 4 is 34.2 Å². The molecule has 10 heavy (non-hydrogen) atoms. The van der Waals surface area contributed by atoms with Crippen LogP contribution in [0.5, 0.6) is 5.75 Å². The third-order valence-electron chi connectivity index (χ3n) is 1.30. The highest BCUT2D eigenvalue weighted by Crippen LogP contribution is 2.27. The lowest BCUT2D eigenvalue weighted by Crippen LogP contribution is -1.81. The van der Waals surface area contributed by atoms with Gasteiger partial charge in [-0.05, 0) is 47.2 Å². The molecule has 0 spiro atoms. The fourth-order valence-corrected chi connectivity index (χ4v) is 1.43. The van der Waals surface area contributed by atoms with Gasteiger partial charge in [0.15, 0.2) is 0 Å². The number of hydrogen-bond donors (Lipinski definition) is 1. The van der Waals surface area contributed by atoms with Crippen molar-refractivity contribution in [3.63, 3.8) is 0 Å². The molecular formula is C7H6ClIO. The molecule has 1 aromatic rings. The molecule has 0 radical (unpaired) electrons. The van der Waals surface area contributed by atoms with Gasteiger partial charge in [0.25, 0.3) is 0 Å². The van der Waals surface area contributed by atoms with E-state index in [1.54, 1.807) is 12.1 Å². The van der Waals surface area contributed by atoms with E-state index in [1.165, 1.54) is 0 Å². The van der Waals surface area contributed by atoms with Crippen molar-refractivity contribution in [1.29, 1.82) is 0 Å². The molecule has 1 nitrogen and oxygen atoms in total. The molecule has 1 aromatic carbocycles. The molecule has 0 aliphatic rings. The Hall–Kier alpha value is 0.0400. The van der Waals surface area contributed by atoms with Gasteiger partial charge < -0.3 is 5.11 Å². The average molecular weight is 268 g/mol. The molecular weight excluding hydrogens is 262 g/mol. The maximum absolute atomic E-state index is 9.16. The van der Waals surface area contributed by atoms with Crippen molar-refractivity contribution in [2.24, 2.45) is 0 Å². The number of phenolic OH excluding ortho intramolecular Hbond substituents is 1. The van der Waals surface area contributed by atoms with Crippen LogP contribution in [0, 0.1) is 10.5 Å². The topological polar surface area (TPSA) is 20.2 Å². The number of benzene rings is 1. The Labute approximate surface area is 78.2 Å². The third kappa shape index (κ3) is 1.37. The molecule has 0 heterocycles. The van der Waals surface area contributed by atoms with Crippen molar-refractivity contribution in [2.75, 3.05) is 0 Å². The first-order valence-electron chi connectivity index (χ1n) is 2.76. The van der Waals surface area contributed by atoms with E-state index in [1.807, 2.05) is 6.92 Å². The highest BCUT2D eigenvalue weighted by atomic mass is 127. The number of halogens is 2. The maximum Gasteiger partial charge on any atom is 0.129 e. The summed E-state index contributed by atoms with van der Waals surface area (Å²) in [6, 6.07) is 3.28. The van der Waals surface area contributed by atoms with Crippen molar-refractivity contribution in [1.82, 2.24) is 0 Å². The number of rotatable bonds is 0. The average Bonchev–Trinajstić information content (AvgIpc) is 1.93. The van der Waals surface area contributed by atoms with Gasteiger partial charge >= 0.3 is 0 Å². The quantitative estimate of drug-likeness (QED) is 0.717. The van der Waals surface area contributed by atoms with Crippen LogP contribution in [-0.2, 0) is 0 Å². The lowest BCUT2D eigenvalue weighted by Gasteiger charge is -2.01. The fraction of sp³-hybridized carbons (Fsp3) is 0.143. The molecule has 0 fully saturated rings. The highest BCUT2D eigenvalue weighted by molar-refractivity contribution is 14.1. The molecule has 0 saturated carbocycles. The summed E-state index contributed by atoms with van der Waals surface area (Å²) in [5.41, 5.74) is 0.933. The predicted octanol–water partition coefficient (Wildman–Crippen LogP) is 2.96. The van der Waals surface area contributed by atoms with E-state index in [-0.39, 0.29) is 0 Å². The molecule has 1 rings (SSSR count). The first kappa shape index (κ1) is 8.14. The van der Waals surface area contributed by atoms with Gasteiger partial charge in [0.05, 0.1) is 3.57 Å². The van der Waals surface area contributed by atoms with Crippen LogP contribution in [0.4, 0.5) is 0 Å². The zero-order valence-electron chi connectivity index (χ0n) is 5.36. The molecule has 0 aromatic heterocycles. The smallest absolute Gasteiger partial charge is 0.129 e. The van der Waals surface area contributed by atoms with Gasteiger partial charge in [0.2, 0.25) is 0 Å². The van der Waals surface area contributed by atoms with Crippen molar-refractivity contribution in [3.05, 3.63) is 26.3 Å². The molecule has 0 saturated heterocycles. The Morgan fingerprint density at radius 3 is 2.60 bits per heavy atom. The highest BCUT2D eigenvalue weighted by Gasteiger charge is 2.03. The Morgan fingerprint density at radius 1 is 1.50 bits per heavy atom. The molecule has 0 atom stereocenters. The van der Waals surface area contributed by atoms with E-state index in [0.29, 0.717) is 10.8 Å². The summed E-state index contributed by atoms with van der Waals surface area (Å²) in [4.78, 5) is 0. The Morgan fingerprint density at radius 2 is 2.10 bits per heavy atom. The van der Waals surface area contributed by atoms with Gasteiger partial charge in [-0.2, -0.15) is 0 Å². The van der Waals surface area contributed by atoms with Crippen LogP contribution >= 0.6 is 34.2 Å². The normalized spacial score (nSPS) is 9.90. The second kappa shape index (κ2) is 2.96. The first-order chi connectivity index (χ1) is 4.63. The Bertz CT molecular complexity index is 233. The van der Waals surface area contributed by atoms with Gasteiger partial charge in [-0.15, -0.1) is 0 Å². The Kier molecular flexibility index (Phi) is 2.41. The second-order valence-corrected chi connectivity index (χ2v) is 3.49. The molecule has 54 valence electrons. The summed E-state index contributed by atoms with van der Waals surface area (Å²) in [5.74, 6) is 0.294. The van der Waals surface area contributed by atoms with Gasteiger partial charge in [-0.25, -0.2) is 0 Å². The molecule has 0 bridgehead atoms. The van der Waals surface area contributed by atoms with E-state index in [4.69, 9.17) is 16.7 Å². The molecule has 0 aliphatic carbocycles. The van der Waals surface area contributed by atoms with Crippen molar-refractivity contribution in [2.45, 2.75) is 6.92 Å². The number of aromatic hydroxyl groups is 1. The summed E-state index contributed by atoms with van der Waals surface area (Å²) in [6.45, 7) is 1.88. The van der Waals surface area contributed by atoms with Gasteiger partial charge in [-0.3, -0.25) is 0 Å². The first-order valence-corrected chi connectivity index (χ1v) is 4.22. The minimum atomic E-state index is 0.294. The van der Waals surface area contributed by atoms with Gasteiger partial charge in [0, 0.05) is 5.02 Å². The van der Waals surface area contributed by atoms with E-state index >= 15 is 0 Å². The van der Waals surface area contributed by atoms with Gasteiger partial charge in [0.1, 0.15) is 5.75 Å².